The summed E-state index contributed by atoms with van der Waals surface area (Å²) < 4.78 is 0. The second-order valence-electron chi connectivity index (χ2n) is 6.11. The van der Waals surface area contributed by atoms with Gasteiger partial charge < -0.3 is 10.6 Å². The number of aryl methyl sites for hydroxylation is 1. The molecule has 0 unspecified atom stereocenters. The van der Waals surface area contributed by atoms with Gasteiger partial charge in [-0.3, -0.25) is 4.79 Å². The van der Waals surface area contributed by atoms with Crippen molar-refractivity contribution < 1.29 is 4.79 Å². The number of anilines is 2. The van der Waals surface area contributed by atoms with E-state index in [1.807, 2.05) is 0 Å². The molecule has 0 aliphatic heterocycles. The third-order valence-corrected chi connectivity index (χ3v) is 3.88. The van der Waals surface area contributed by atoms with Gasteiger partial charge in [0.15, 0.2) is 0 Å². The predicted octanol–water partition coefficient (Wildman–Crippen LogP) is 4.43. The summed E-state index contributed by atoms with van der Waals surface area (Å²) in [5.74, 6) is 0.381. The number of carbonyl (C=O) groups is 1. The molecule has 24 heavy (non-hydrogen) atoms. The molecule has 2 aromatic carbocycles. The van der Waals surface area contributed by atoms with Gasteiger partial charge in [0.2, 0.25) is 5.91 Å². The Morgan fingerprint density at radius 2 is 1.88 bits per heavy atom. The van der Waals surface area contributed by atoms with Crippen LogP contribution in [0, 0.1) is 18.3 Å². The summed E-state index contributed by atoms with van der Waals surface area (Å²) in [6.07, 6.45) is 0.381. The maximum Gasteiger partial charge on any atom is 0.226 e. The fourth-order valence-electron chi connectivity index (χ4n) is 2.57. The van der Waals surface area contributed by atoms with Gasteiger partial charge in [0.25, 0.3) is 0 Å². The smallest absolute Gasteiger partial charge is 0.226 e. The van der Waals surface area contributed by atoms with Crippen LogP contribution >= 0.6 is 0 Å². The minimum atomic E-state index is -0.0492. The predicted molar refractivity (Wildman–Crippen MR) is 98.2 cm³/mol. The molecular formula is C20H23N3O. The van der Waals surface area contributed by atoms with E-state index in [-0.39, 0.29) is 5.91 Å². The van der Waals surface area contributed by atoms with E-state index in [1.165, 1.54) is 11.1 Å². The van der Waals surface area contributed by atoms with Gasteiger partial charge in [-0.25, -0.2) is 0 Å². The average molecular weight is 321 g/mol. The monoisotopic (exact) mass is 321 g/mol. The molecule has 0 saturated carbocycles. The van der Waals surface area contributed by atoms with Gasteiger partial charge in [0, 0.05) is 24.3 Å². The quantitative estimate of drug-likeness (QED) is 0.827. The molecule has 0 spiro atoms. The van der Waals surface area contributed by atoms with Crippen LogP contribution in [0.3, 0.4) is 0 Å². The first-order chi connectivity index (χ1) is 11.5. The molecule has 0 bridgehead atoms. The Morgan fingerprint density at radius 3 is 2.50 bits per heavy atom. The highest BCUT2D eigenvalue weighted by molar-refractivity contribution is 5.91. The van der Waals surface area contributed by atoms with E-state index < -0.39 is 0 Å². The lowest BCUT2D eigenvalue weighted by atomic mass is 9.98. The van der Waals surface area contributed by atoms with Crippen molar-refractivity contribution in [2.75, 3.05) is 17.2 Å². The summed E-state index contributed by atoms with van der Waals surface area (Å²) in [5, 5.41) is 15.0. The van der Waals surface area contributed by atoms with Gasteiger partial charge >= 0.3 is 0 Å². The molecule has 0 aromatic heterocycles. The second-order valence-corrected chi connectivity index (χ2v) is 6.11. The summed E-state index contributed by atoms with van der Waals surface area (Å²) in [4.78, 5) is 12.0. The Labute approximate surface area is 143 Å². The normalized spacial score (nSPS) is 10.3. The summed E-state index contributed by atoms with van der Waals surface area (Å²) in [6.45, 7) is 6.98. The molecule has 0 atom stereocenters. The van der Waals surface area contributed by atoms with Crippen molar-refractivity contribution in [3.05, 3.63) is 59.2 Å². The highest BCUT2D eigenvalue weighted by Gasteiger charge is 2.09. The lowest BCUT2D eigenvalue weighted by Gasteiger charge is -2.17. The minimum absolute atomic E-state index is 0.0492. The number of nitriles is 1. The molecule has 4 nitrogen and oxygen atoms in total. The molecule has 0 saturated heterocycles. The number of hydrogen-bond acceptors (Lipinski definition) is 3. The van der Waals surface area contributed by atoms with E-state index in [4.69, 9.17) is 5.26 Å². The fourth-order valence-corrected chi connectivity index (χ4v) is 2.57. The number of carbonyl (C=O) groups excluding carboxylic acids is 1. The molecule has 0 radical (unpaired) electrons. The molecular weight excluding hydrogens is 298 g/mol. The van der Waals surface area contributed by atoms with Crippen molar-refractivity contribution in [1.29, 1.82) is 5.26 Å². The summed E-state index contributed by atoms with van der Waals surface area (Å²) in [7, 11) is 0. The molecule has 2 rings (SSSR count). The Balaban J connectivity index is 1.90. The van der Waals surface area contributed by atoms with Crippen LogP contribution in [0.15, 0.2) is 42.5 Å². The molecule has 0 aliphatic rings. The van der Waals surface area contributed by atoms with E-state index in [0.29, 0.717) is 30.1 Å². The van der Waals surface area contributed by atoms with Crippen LogP contribution in [0.2, 0.25) is 0 Å². The van der Waals surface area contributed by atoms with Crippen LogP contribution < -0.4 is 10.6 Å². The van der Waals surface area contributed by atoms with Gasteiger partial charge in [0.1, 0.15) is 0 Å². The molecule has 124 valence electrons. The van der Waals surface area contributed by atoms with Crippen LogP contribution in [0.1, 0.15) is 42.9 Å². The molecule has 0 fully saturated rings. The number of amides is 1. The van der Waals surface area contributed by atoms with E-state index in [0.717, 1.165) is 5.69 Å². The first-order valence-corrected chi connectivity index (χ1v) is 8.14. The standard InChI is InChI=1S/C20H23N3O/c1-14(2)18-6-4-5-15(3)20(18)22-12-11-19(24)23-17-9-7-16(13-21)8-10-17/h4-10,14,22H,11-12H2,1-3H3,(H,23,24). The Morgan fingerprint density at radius 1 is 1.17 bits per heavy atom. The Kier molecular flexibility index (Phi) is 5.97. The molecule has 2 N–H and O–H groups in total. The molecule has 2 aromatic rings. The summed E-state index contributed by atoms with van der Waals surface area (Å²) in [5.41, 5.74) is 4.86. The van der Waals surface area contributed by atoms with Gasteiger partial charge in [-0.1, -0.05) is 32.0 Å². The Hall–Kier alpha value is -2.80. The van der Waals surface area contributed by atoms with Crippen molar-refractivity contribution in [2.45, 2.75) is 33.1 Å². The first-order valence-electron chi connectivity index (χ1n) is 8.14. The van der Waals surface area contributed by atoms with Crippen LogP contribution in [0.5, 0.6) is 0 Å². The lowest BCUT2D eigenvalue weighted by molar-refractivity contribution is -0.115. The van der Waals surface area contributed by atoms with Crippen molar-refractivity contribution in [2.24, 2.45) is 0 Å². The van der Waals surface area contributed by atoms with Crippen LogP contribution in [-0.4, -0.2) is 12.5 Å². The lowest BCUT2D eigenvalue weighted by Crippen LogP contribution is -2.17. The van der Waals surface area contributed by atoms with E-state index in [2.05, 4.69) is 55.7 Å². The largest absolute Gasteiger partial charge is 0.384 e. The maximum absolute atomic E-state index is 12.0. The highest BCUT2D eigenvalue weighted by Crippen LogP contribution is 2.27. The minimum Gasteiger partial charge on any atom is -0.384 e. The van der Waals surface area contributed by atoms with Crippen molar-refractivity contribution >= 4 is 17.3 Å². The number of benzene rings is 2. The van der Waals surface area contributed by atoms with Gasteiger partial charge in [-0.05, 0) is 48.2 Å². The van der Waals surface area contributed by atoms with Crippen LogP contribution in [0.4, 0.5) is 11.4 Å². The van der Waals surface area contributed by atoms with Crippen molar-refractivity contribution in [1.82, 2.24) is 0 Å². The number of para-hydroxylation sites is 1. The van der Waals surface area contributed by atoms with E-state index in [9.17, 15) is 4.79 Å². The number of nitrogens with one attached hydrogen (secondary N) is 2. The van der Waals surface area contributed by atoms with Crippen LogP contribution in [-0.2, 0) is 4.79 Å². The zero-order valence-corrected chi connectivity index (χ0v) is 14.4. The zero-order chi connectivity index (χ0) is 17.5. The molecule has 4 heteroatoms. The first kappa shape index (κ1) is 17.6. The van der Waals surface area contributed by atoms with Crippen molar-refractivity contribution in [3.8, 4) is 6.07 Å². The van der Waals surface area contributed by atoms with Gasteiger partial charge in [0.05, 0.1) is 11.6 Å². The third-order valence-electron chi connectivity index (χ3n) is 3.88. The SMILES string of the molecule is Cc1cccc(C(C)C)c1NCCC(=O)Nc1ccc(C#N)cc1. The number of rotatable bonds is 6. The van der Waals surface area contributed by atoms with E-state index >= 15 is 0 Å². The number of hydrogen-bond donors (Lipinski definition) is 2. The fraction of sp³-hybridized carbons (Fsp3) is 0.300. The van der Waals surface area contributed by atoms with Crippen molar-refractivity contribution in [3.63, 3.8) is 0 Å². The topological polar surface area (TPSA) is 64.9 Å². The summed E-state index contributed by atoms with van der Waals surface area (Å²) in [6, 6.07) is 15.2. The third kappa shape index (κ3) is 4.60. The average Bonchev–Trinajstić information content (AvgIpc) is 2.56. The Bertz CT molecular complexity index is 742. The molecule has 1 amide bonds. The highest BCUT2D eigenvalue weighted by atomic mass is 16.1. The maximum atomic E-state index is 12.0. The molecule has 0 aliphatic carbocycles. The second kappa shape index (κ2) is 8.16. The van der Waals surface area contributed by atoms with E-state index in [1.54, 1.807) is 24.3 Å². The van der Waals surface area contributed by atoms with Gasteiger partial charge in [-0.2, -0.15) is 5.26 Å². The summed E-state index contributed by atoms with van der Waals surface area (Å²) >= 11 is 0. The van der Waals surface area contributed by atoms with Gasteiger partial charge in [-0.15, -0.1) is 0 Å². The molecule has 0 heterocycles. The number of nitrogens with zero attached hydrogens (tertiary/aromatic N) is 1. The zero-order valence-electron chi connectivity index (χ0n) is 14.4. The van der Waals surface area contributed by atoms with Crippen LogP contribution in [0.25, 0.3) is 0 Å².